The number of carbonyl (C=O) groups is 2. The summed E-state index contributed by atoms with van der Waals surface area (Å²) in [5, 5.41) is 3.01. The monoisotopic (exact) mass is 315 g/mol. The molecule has 0 atom stereocenters. The number of urea groups is 1. The zero-order valence-corrected chi connectivity index (χ0v) is 13.8. The lowest BCUT2D eigenvalue weighted by atomic mass is 10.0. The van der Waals surface area contributed by atoms with Gasteiger partial charge in [-0.2, -0.15) is 0 Å². The number of benzene rings is 1. The Balaban J connectivity index is 1.89. The van der Waals surface area contributed by atoms with Crippen molar-refractivity contribution >= 4 is 17.5 Å². The van der Waals surface area contributed by atoms with Gasteiger partial charge in [-0.15, -0.1) is 0 Å². The van der Waals surface area contributed by atoms with E-state index in [0.29, 0.717) is 13.1 Å². The summed E-state index contributed by atoms with van der Waals surface area (Å²) in [5.41, 5.74) is 8.54. The van der Waals surface area contributed by atoms with E-state index in [-0.39, 0.29) is 18.0 Å². The summed E-state index contributed by atoms with van der Waals surface area (Å²) in [6.45, 7) is 5.26. The van der Waals surface area contributed by atoms with Gasteiger partial charge in [0.25, 0.3) is 0 Å². The van der Waals surface area contributed by atoms with Crippen LogP contribution in [-0.2, 0) is 11.2 Å². The number of carbonyl (C=O) groups excluding carboxylic acids is 2. The third kappa shape index (κ3) is 4.84. The number of piperidine rings is 1. The van der Waals surface area contributed by atoms with Crippen molar-refractivity contribution < 1.29 is 9.59 Å². The summed E-state index contributed by atoms with van der Waals surface area (Å²) in [4.78, 5) is 24.8. The maximum atomic E-state index is 12.1. The summed E-state index contributed by atoms with van der Waals surface area (Å²) in [6.07, 6.45) is 4.13. The van der Waals surface area contributed by atoms with E-state index in [2.05, 4.69) is 24.4 Å². The normalized spacial score (nSPS) is 16.3. The lowest BCUT2D eigenvalue weighted by Gasteiger charge is -2.30. The van der Waals surface area contributed by atoms with Crippen molar-refractivity contribution in [3.05, 3.63) is 41.5 Å². The molecule has 1 saturated heterocycles. The number of likely N-dealkylation sites (tertiary alicyclic amines) is 1. The molecule has 1 aromatic carbocycles. The van der Waals surface area contributed by atoms with E-state index in [1.807, 2.05) is 19.1 Å². The first-order valence-electron chi connectivity index (χ1n) is 8.12. The van der Waals surface area contributed by atoms with Crippen molar-refractivity contribution in [2.45, 2.75) is 39.2 Å². The smallest absolute Gasteiger partial charge is 0.314 e. The average molecular weight is 315 g/mol. The molecule has 1 aromatic rings. The molecular formula is C18H25N3O2. The highest BCUT2D eigenvalue weighted by molar-refractivity contribution is 5.95. The molecule has 0 spiro atoms. The molecule has 1 aliphatic heterocycles. The van der Waals surface area contributed by atoms with Crippen LogP contribution in [0.1, 0.15) is 37.8 Å². The summed E-state index contributed by atoms with van der Waals surface area (Å²) in [5.74, 6) is -0.0837. The molecule has 23 heavy (non-hydrogen) atoms. The minimum Gasteiger partial charge on any atom is -0.351 e. The van der Waals surface area contributed by atoms with Crippen LogP contribution in [0.5, 0.6) is 0 Å². The predicted molar refractivity (Wildman–Crippen MR) is 91.8 cm³/mol. The van der Waals surface area contributed by atoms with E-state index in [1.165, 1.54) is 5.56 Å². The SMILES string of the molecule is CCc1ccc(/C(C)=C/C(=O)NC2CCN(C(N)=O)CC2)cc1. The van der Waals surface area contributed by atoms with Crippen LogP contribution in [0.15, 0.2) is 30.3 Å². The van der Waals surface area contributed by atoms with E-state index in [4.69, 9.17) is 5.73 Å². The van der Waals surface area contributed by atoms with Crippen molar-refractivity contribution in [2.75, 3.05) is 13.1 Å². The minimum atomic E-state index is -0.388. The number of allylic oxidation sites excluding steroid dienone is 1. The zero-order valence-electron chi connectivity index (χ0n) is 13.8. The quantitative estimate of drug-likeness (QED) is 0.837. The average Bonchev–Trinajstić information content (AvgIpc) is 2.55. The van der Waals surface area contributed by atoms with Crippen LogP contribution >= 0.6 is 0 Å². The number of primary amides is 1. The minimum absolute atomic E-state index is 0.0837. The number of nitrogens with one attached hydrogen (secondary N) is 1. The molecule has 3 N–H and O–H groups in total. The molecule has 0 unspecified atom stereocenters. The Morgan fingerprint density at radius 2 is 1.87 bits per heavy atom. The number of aryl methyl sites for hydroxylation is 1. The van der Waals surface area contributed by atoms with Gasteiger partial charge in [0.15, 0.2) is 0 Å². The van der Waals surface area contributed by atoms with Gasteiger partial charge in [-0.3, -0.25) is 4.79 Å². The Labute approximate surface area is 137 Å². The predicted octanol–water partition coefficient (Wildman–Crippen LogP) is 2.31. The van der Waals surface area contributed by atoms with E-state index >= 15 is 0 Å². The van der Waals surface area contributed by atoms with Gasteiger partial charge < -0.3 is 16.0 Å². The summed E-state index contributed by atoms with van der Waals surface area (Å²) >= 11 is 0. The van der Waals surface area contributed by atoms with Crippen molar-refractivity contribution in [3.8, 4) is 0 Å². The molecule has 0 bridgehead atoms. The Hall–Kier alpha value is -2.30. The van der Waals surface area contributed by atoms with Gasteiger partial charge >= 0.3 is 6.03 Å². The molecule has 0 saturated carbocycles. The first kappa shape index (κ1) is 17.1. The van der Waals surface area contributed by atoms with Gasteiger partial charge in [-0.05, 0) is 42.9 Å². The number of amides is 3. The van der Waals surface area contributed by atoms with Crippen LogP contribution in [0, 0.1) is 0 Å². The van der Waals surface area contributed by atoms with Gasteiger partial charge in [0.05, 0.1) is 0 Å². The third-order valence-electron chi connectivity index (χ3n) is 4.32. The second kappa shape index (κ2) is 7.81. The Morgan fingerprint density at radius 3 is 2.39 bits per heavy atom. The van der Waals surface area contributed by atoms with E-state index in [9.17, 15) is 9.59 Å². The van der Waals surface area contributed by atoms with Gasteiger partial charge in [0, 0.05) is 25.2 Å². The zero-order chi connectivity index (χ0) is 16.8. The fourth-order valence-electron chi connectivity index (χ4n) is 2.77. The van der Waals surface area contributed by atoms with Crippen LogP contribution in [-0.4, -0.2) is 36.0 Å². The topological polar surface area (TPSA) is 75.4 Å². The summed E-state index contributed by atoms with van der Waals surface area (Å²) in [7, 11) is 0. The van der Waals surface area contributed by atoms with Crippen molar-refractivity contribution in [3.63, 3.8) is 0 Å². The van der Waals surface area contributed by atoms with Gasteiger partial charge in [-0.25, -0.2) is 4.79 Å². The molecular weight excluding hydrogens is 290 g/mol. The first-order chi connectivity index (χ1) is 11.0. The van der Waals surface area contributed by atoms with E-state index in [0.717, 1.165) is 30.4 Å². The Bertz CT molecular complexity index is 585. The number of rotatable bonds is 4. The molecule has 0 radical (unpaired) electrons. The first-order valence-corrected chi connectivity index (χ1v) is 8.12. The molecule has 5 nitrogen and oxygen atoms in total. The van der Waals surface area contributed by atoms with Crippen LogP contribution in [0.4, 0.5) is 4.79 Å². The maximum Gasteiger partial charge on any atom is 0.314 e. The number of nitrogens with two attached hydrogens (primary N) is 1. The molecule has 2 rings (SSSR count). The van der Waals surface area contributed by atoms with Crippen molar-refractivity contribution in [1.82, 2.24) is 10.2 Å². The standard InChI is InChI=1S/C18H25N3O2/c1-3-14-4-6-15(7-5-14)13(2)12-17(22)20-16-8-10-21(11-9-16)18(19)23/h4-7,12,16H,3,8-11H2,1-2H3,(H2,19,23)(H,20,22)/b13-12+. The van der Waals surface area contributed by atoms with Crippen LogP contribution in [0.25, 0.3) is 5.57 Å². The molecule has 3 amide bonds. The number of hydrogen-bond donors (Lipinski definition) is 2. The Kier molecular flexibility index (Phi) is 5.79. The lowest BCUT2D eigenvalue weighted by molar-refractivity contribution is -0.117. The highest BCUT2D eigenvalue weighted by Gasteiger charge is 2.21. The largest absolute Gasteiger partial charge is 0.351 e. The Morgan fingerprint density at radius 1 is 1.26 bits per heavy atom. The van der Waals surface area contributed by atoms with Crippen molar-refractivity contribution in [1.29, 1.82) is 0 Å². The summed E-state index contributed by atoms with van der Waals surface area (Å²) < 4.78 is 0. The lowest BCUT2D eigenvalue weighted by Crippen LogP contribution is -2.47. The van der Waals surface area contributed by atoms with Gasteiger partial charge in [0.2, 0.25) is 5.91 Å². The molecule has 1 heterocycles. The fourth-order valence-corrected chi connectivity index (χ4v) is 2.77. The number of nitrogens with zero attached hydrogens (tertiary/aromatic N) is 1. The molecule has 0 aromatic heterocycles. The van der Waals surface area contributed by atoms with Crippen LogP contribution in [0.3, 0.4) is 0 Å². The fraction of sp³-hybridized carbons (Fsp3) is 0.444. The summed E-state index contributed by atoms with van der Waals surface area (Å²) in [6, 6.07) is 7.98. The van der Waals surface area contributed by atoms with Gasteiger partial charge in [0.1, 0.15) is 0 Å². The molecule has 0 aliphatic carbocycles. The van der Waals surface area contributed by atoms with Crippen LogP contribution in [0.2, 0.25) is 0 Å². The second-order valence-electron chi connectivity index (χ2n) is 5.99. The molecule has 5 heteroatoms. The third-order valence-corrected chi connectivity index (χ3v) is 4.32. The van der Waals surface area contributed by atoms with E-state index < -0.39 is 0 Å². The highest BCUT2D eigenvalue weighted by atomic mass is 16.2. The molecule has 124 valence electrons. The van der Waals surface area contributed by atoms with Gasteiger partial charge in [-0.1, -0.05) is 31.2 Å². The maximum absolute atomic E-state index is 12.1. The van der Waals surface area contributed by atoms with Crippen LogP contribution < -0.4 is 11.1 Å². The number of hydrogen-bond acceptors (Lipinski definition) is 2. The van der Waals surface area contributed by atoms with E-state index in [1.54, 1.807) is 11.0 Å². The molecule has 1 aliphatic rings. The second-order valence-corrected chi connectivity index (χ2v) is 5.99. The highest BCUT2D eigenvalue weighted by Crippen LogP contribution is 2.15. The van der Waals surface area contributed by atoms with Crippen molar-refractivity contribution in [2.24, 2.45) is 5.73 Å². The molecule has 1 fully saturated rings.